The van der Waals surface area contributed by atoms with Gasteiger partial charge in [0.25, 0.3) is 0 Å². The summed E-state index contributed by atoms with van der Waals surface area (Å²) in [5.74, 6) is -1.00. The molecule has 0 spiro atoms. The molecule has 3 N–H and O–H groups in total. The topological polar surface area (TPSA) is 67.8 Å². The molecule has 0 amide bonds. The van der Waals surface area contributed by atoms with E-state index >= 15 is 0 Å². The molecule has 0 aliphatic rings. The Morgan fingerprint density at radius 1 is 1.24 bits per heavy atom. The summed E-state index contributed by atoms with van der Waals surface area (Å²) in [5, 5.41) is 11.4. The van der Waals surface area contributed by atoms with Crippen molar-refractivity contribution in [3.05, 3.63) is 64.2 Å². The number of nitrogens with two attached hydrogens (primary N) is 1. The Bertz CT molecular complexity index is 693. The van der Waals surface area contributed by atoms with Crippen LogP contribution in [0.3, 0.4) is 0 Å². The van der Waals surface area contributed by atoms with Crippen LogP contribution in [0.2, 0.25) is 5.02 Å². The van der Waals surface area contributed by atoms with Gasteiger partial charge in [-0.25, -0.2) is 8.78 Å². The largest absolute Gasteiger partial charge is 0.487 e. The van der Waals surface area contributed by atoms with Crippen LogP contribution in [-0.4, -0.2) is 11.0 Å². The zero-order chi connectivity index (χ0) is 15.4. The van der Waals surface area contributed by atoms with Crippen molar-refractivity contribution in [2.24, 2.45) is 10.9 Å². The van der Waals surface area contributed by atoms with Crippen molar-refractivity contribution in [3.8, 4) is 5.75 Å². The first-order valence-electron chi connectivity index (χ1n) is 5.85. The van der Waals surface area contributed by atoms with Gasteiger partial charge in [-0.05, 0) is 24.3 Å². The van der Waals surface area contributed by atoms with Gasteiger partial charge in [-0.3, -0.25) is 0 Å². The molecule has 2 rings (SSSR count). The van der Waals surface area contributed by atoms with Crippen LogP contribution in [-0.2, 0) is 6.61 Å². The number of rotatable bonds is 4. The SMILES string of the molecule is N/C(=N\O)c1ccc(COc2ccc(F)cc2Cl)c(F)c1. The Morgan fingerprint density at radius 2 is 2.00 bits per heavy atom. The molecule has 21 heavy (non-hydrogen) atoms. The highest BCUT2D eigenvalue weighted by molar-refractivity contribution is 6.32. The zero-order valence-corrected chi connectivity index (χ0v) is 11.4. The van der Waals surface area contributed by atoms with Crippen LogP contribution < -0.4 is 10.5 Å². The van der Waals surface area contributed by atoms with Crippen molar-refractivity contribution in [1.29, 1.82) is 0 Å². The number of ether oxygens (including phenoxy) is 1. The monoisotopic (exact) mass is 312 g/mol. The zero-order valence-electron chi connectivity index (χ0n) is 10.7. The van der Waals surface area contributed by atoms with Crippen LogP contribution in [0.5, 0.6) is 5.75 Å². The van der Waals surface area contributed by atoms with E-state index in [1.54, 1.807) is 0 Å². The maximum absolute atomic E-state index is 13.8. The third-order valence-electron chi connectivity index (χ3n) is 2.73. The average molecular weight is 313 g/mol. The van der Waals surface area contributed by atoms with Crippen LogP contribution in [0.4, 0.5) is 8.78 Å². The van der Waals surface area contributed by atoms with Crippen LogP contribution >= 0.6 is 11.6 Å². The number of halogens is 3. The summed E-state index contributed by atoms with van der Waals surface area (Å²) in [5.41, 5.74) is 5.86. The second kappa shape index (κ2) is 6.41. The van der Waals surface area contributed by atoms with E-state index in [4.69, 9.17) is 27.3 Å². The Labute approximate surface area is 124 Å². The molecule has 2 aromatic rings. The van der Waals surface area contributed by atoms with Crippen molar-refractivity contribution in [3.63, 3.8) is 0 Å². The van der Waals surface area contributed by atoms with Gasteiger partial charge in [0, 0.05) is 11.1 Å². The van der Waals surface area contributed by atoms with E-state index in [2.05, 4.69) is 5.16 Å². The third kappa shape index (κ3) is 3.61. The quantitative estimate of drug-likeness (QED) is 0.394. The summed E-state index contributed by atoms with van der Waals surface area (Å²) in [6.07, 6.45) is 0. The predicted octanol–water partition coefficient (Wildman–Crippen LogP) is 3.29. The fourth-order valence-corrected chi connectivity index (χ4v) is 1.85. The van der Waals surface area contributed by atoms with Crippen molar-refractivity contribution >= 4 is 17.4 Å². The summed E-state index contributed by atoms with van der Waals surface area (Å²) in [6.45, 7) is -0.0896. The highest BCUT2D eigenvalue weighted by Crippen LogP contribution is 2.26. The van der Waals surface area contributed by atoms with Crippen LogP contribution in [0, 0.1) is 11.6 Å². The van der Waals surface area contributed by atoms with Gasteiger partial charge < -0.3 is 15.7 Å². The lowest BCUT2D eigenvalue weighted by Gasteiger charge is -2.09. The fraction of sp³-hybridized carbons (Fsp3) is 0.0714. The molecule has 2 aromatic carbocycles. The lowest BCUT2D eigenvalue weighted by atomic mass is 10.1. The Balaban J connectivity index is 2.13. The summed E-state index contributed by atoms with van der Waals surface area (Å²) in [7, 11) is 0. The van der Waals surface area contributed by atoms with Gasteiger partial charge in [0.2, 0.25) is 0 Å². The Hall–Kier alpha value is -2.34. The molecular weight excluding hydrogens is 302 g/mol. The molecule has 0 unspecified atom stereocenters. The van der Waals surface area contributed by atoms with Gasteiger partial charge in [-0.1, -0.05) is 28.9 Å². The number of hydrogen-bond acceptors (Lipinski definition) is 3. The van der Waals surface area contributed by atoms with Gasteiger partial charge >= 0.3 is 0 Å². The first kappa shape index (κ1) is 15.1. The molecule has 4 nitrogen and oxygen atoms in total. The molecule has 0 saturated carbocycles. The lowest BCUT2D eigenvalue weighted by molar-refractivity contribution is 0.299. The van der Waals surface area contributed by atoms with E-state index < -0.39 is 11.6 Å². The van der Waals surface area contributed by atoms with Crippen molar-refractivity contribution in [2.75, 3.05) is 0 Å². The maximum atomic E-state index is 13.8. The first-order valence-corrected chi connectivity index (χ1v) is 6.23. The smallest absolute Gasteiger partial charge is 0.170 e. The van der Waals surface area contributed by atoms with E-state index in [1.165, 1.54) is 24.3 Å². The highest BCUT2D eigenvalue weighted by Gasteiger charge is 2.09. The minimum atomic E-state index is -0.572. The van der Waals surface area contributed by atoms with Crippen LogP contribution in [0.25, 0.3) is 0 Å². The van der Waals surface area contributed by atoms with Gasteiger partial charge in [0.05, 0.1) is 5.02 Å². The molecule has 0 fully saturated rings. The summed E-state index contributed by atoms with van der Waals surface area (Å²) < 4.78 is 32.1. The highest BCUT2D eigenvalue weighted by atomic mass is 35.5. The van der Waals surface area contributed by atoms with Crippen molar-refractivity contribution < 1.29 is 18.7 Å². The van der Waals surface area contributed by atoms with Crippen LogP contribution in [0.1, 0.15) is 11.1 Å². The molecule has 7 heteroatoms. The molecule has 110 valence electrons. The standard InChI is InChI=1S/C14H11ClF2N2O2/c15-11-6-10(16)3-4-13(11)21-7-9-2-1-8(5-12(9)17)14(18)19-20/h1-6,20H,7H2,(H2,18,19). The van der Waals surface area contributed by atoms with E-state index in [1.807, 2.05) is 0 Å². The predicted molar refractivity (Wildman–Crippen MR) is 74.7 cm³/mol. The van der Waals surface area contributed by atoms with Crippen molar-refractivity contribution in [1.82, 2.24) is 0 Å². The molecule has 0 heterocycles. The summed E-state index contributed by atoms with van der Waals surface area (Å²) >= 11 is 5.80. The molecule has 0 saturated heterocycles. The molecule has 0 atom stereocenters. The Morgan fingerprint density at radius 3 is 2.62 bits per heavy atom. The minimum Gasteiger partial charge on any atom is -0.487 e. The average Bonchev–Trinajstić information content (AvgIpc) is 2.46. The lowest BCUT2D eigenvalue weighted by Crippen LogP contribution is -2.13. The van der Waals surface area contributed by atoms with Crippen LogP contribution in [0.15, 0.2) is 41.6 Å². The second-order valence-electron chi connectivity index (χ2n) is 4.15. The second-order valence-corrected chi connectivity index (χ2v) is 4.56. The summed E-state index contributed by atoms with van der Waals surface area (Å²) in [4.78, 5) is 0. The van der Waals surface area contributed by atoms with Crippen molar-refractivity contribution in [2.45, 2.75) is 6.61 Å². The van der Waals surface area contributed by atoms with Gasteiger partial charge in [0.1, 0.15) is 24.0 Å². The molecular formula is C14H11ClF2N2O2. The van der Waals surface area contributed by atoms with E-state index in [9.17, 15) is 8.78 Å². The fourth-order valence-electron chi connectivity index (χ4n) is 1.63. The number of nitrogens with zero attached hydrogens (tertiary/aromatic N) is 1. The van der Waals surface area contributed by atoms with E-state index in [-0.39, 0.29) is 34.3 Å². The van der Waals surface area contributed by atoms with Gasteiger partial charge in [0.15, 0.2) is 5.84 Å². The number of hydrogen-bond donors (Lipinski definition) is 2. The number of oxime groups is 1. The normalized spacial score (nSPS) is 11.5. The van der Waals surface area contributed by atoms with Gasteiger partial charge in [-0.15, -0.1) is 0 Å². The third-order valence-corrected chi connectivity index (χ3v) is 3.03. The molecule has 0 aliphatic carbocycles. The van der Waals surface area contributed by atoms with E-state index in [0.29, 0.717) is 0 Å². The van der Waals surface area contributed by atoms with E-state index in [0.717, 1.165) is 12.1 Å². The molecule has 0 aliphatic heterocycles. The molecule has 0 bridgehead atoms. The number of benzene rings is 2. The maximum Gasteiger partial charge on any atom is 0.170 e. The number of amidine groups is 1. The van der Waals surface area contributed by atoms with Gasteiger partial charge in [-0.2, -0.15) is 0 Å². The minimum absolute atomic E-state index is 0.0896. The Kier molecular flexibility index (Phi) is 4.59. The molecule has 0 aromatic heterocycles. The molecule has 0 radical (unpaired) electrons. The first-order chi connectivity index (χ1) is 10.0. The summed E-state index contributed by atoms with van der Waals surface area (Å²) in [6, 6.07) is 7.72.